The number of carboxylic acid groups (broad SMARTS) is 2. The van der Waals surface area contributed by atoms with Gasteiger partial charge in [-0.3, -0.25) is 9.59 Å². The first kappa shape index (κ1) is 15.4. The minimum absolute atomic E-state index is 0.217. The zero-order valence-electron chi connectivity index (χ0n) is 10.7. The summed E-state index contributed by atoms with van der Waals surface area (Å²) in [6, 6.07) is -1.55. The quantitative estimate of drug-likeness (QED) is 0.627. The fourth-order valence-electron chi connectivity index (χ4n) is 2.57. The molecule has 0 aromatic carbocycles. The maximum absolute atomic E-state index is 11.9. The van der Waals surface area contributed by atoms with Crippen molar-refractivity contribution in [3.63, 3.8) is 0 Å². The molecule has 108 valence electrons. The van der Waals surface area contributed by atoms with Gasteiger partial charge in [0.05, 0.1) is 13.0 Å². The molecular formula is C12H20N2O5. The van der Waals surface area contributed by atoms with Crippen molar-refractivity contribution < 1.29 is 24.6 Å². The van der Waals surface area contributed by atoms with Crippen LogP contribution in [0.2, 0.25) is 0 Å². The highest BCUT2D eigenvalue weighted by Crippen LogP contribution is 2.25. The normalized spacial score (nSPS) is 17.7. The van der Waals surface area contributed by atoms with Crippen LogP contribution in [0.1, 0.15) is 38.5 Å². The Labute approximate surface area is 111 Å². The van der Waals surface area contributed by atoms with Gasteiger partial charge in [-0.2, -0.15) is 0 Å². The maximum Gasteiger partial charge on any atom is 0.327 e. The Hall–Kier alpha value is -1.63. The molecular weight excluding hydrogens is 252 g/mol. The number of nitrogens with zero attached hydrogens (tertiary/aromatic N) is 1. The second-order valence-electron chi connectivity index (χ2n) is 4.75. The van der Waals surface area contributed by atoms with Crippen LogP contribution in [0, 0.1) is 0 Å². The summed E-state index contributed by atoms with van der Waals surface area (Å²) in [5.41, 5.74) is 5.32. The van der Waals surface area contributed by atoms with Crippen molar-refractivity contribution in [2.75, 3.05) is 6.54 Å². The van der Waals surface area contributed by atoms with E-state index in [0.717, 1.165) is 19.3 Å². The molecule has 4 N–H and O–H groups in total. The number of amides is 1. The Morgan fingerprint density at radius 3 is 2.16 bits per heavy atom. The number of carbonyl (C=O) groups is 3. The first-order chi connectivity index (χ1) is 8.97. The van der Waals surface area contributed by atoms with Crippen LogP contribution in [-0.4, -0.2) is 51.6 Å². The predicted octanol–water partition coefficient (Wildman–Crippen LogP) is 0.0343. The Morgan fingerprint density at radius 2 is 1.74 bits per heavy atom. The first-order valence-corrected chi connectivity index (χ1v) is 6.43. The van der Waals surface area contributed by atoms with E-state index >= 15 is 0 Å². The highest BCUT2D eigenvalue weighted by Gasteiger charge is 2.36. The van der Waals surface area contributed by atoms with Crippen LogP contribution < -0.4 is 5.73 Å². The van der Waals surface area contributed by atoms with E-state index in [1.807, 2.05) is 0 Å². The van der Waals surface area contributed by atoms with Gasteiger partial charge in [-0.05, 0) is 12.8 Å². The number of hydrogen-bond donors (Lipinski definition) is 3. The van der Waals surface area contributed by atoms with Gasteiger partial charge >= 0.3 is 11.9 Å². The van der Waals surface area contributed by atoms with Crippen molar-refractivity contribution in [1.82, 2.24) is 4.90 Å². The third-order valence-corrected chi connectivity index (χ3v) is 3.42. The molecule has 1 amide bonds. The third-order valence-electron chi connectivity index (χ3n) is 3.42. The van der Waals surface area contributed by atoms with Gasteiger partial charge in [-0.25, -0.2) is 4.79 Å². The topological polar surface area (TPSA) is 121 Å². The van der Waals surface area contributed by atoms with Gasteiger partial charge in [-0.1, -0.05) is 19.3 Å². The van der Waals surface area contributed by atoms with Gasteiger partial charge in [0.1, 0.15) is 6.04 Å². The summed E-state index contributed by atoms with van der Waals surface area (Å²) >= 11 is 0. The largest absolute Gasteiger partial charge is 0.481 e. The predicted molar refractivity (Wildman–Crippen MR) is 66.5 cm³/mol. The Balaban J connectivity index is 2.94. The van der Waals surface area contributed by atoms with Gasteiger partial charge in [-0.15, -0.1) is 0 Å². The fourth-order valence-corrected chi connectivity index (χ4v) is 2.57. The van der Waals surface area contributed by atoms with E-state index in [1.165, 1.54) is 4.90 Å². The van der Waals surface area contributed by atoms with Gasteiger partial charge in [0, 0.05) is 6.04 Å². The Morgan fingerprint density at radius 1 is 1.16 bits per heavy atom. The molecule has 19 heavy (non-hydrogen) atoms. The second kappa shape index (κ2) is 7.08. The number of aliphatic carboxylic acids is 2. The second-order valence-corrected chi connectivity index (χ2v) is 4.75. The maximum atomic E-state index is 11.9. The monoisotopic (exact) mass is 272 g/mol. The van der Waals surface area contributed by atoms with Crippen molar-refractivity contribution in [2.45, 2.75) is 50.6 Å². The van der Waals surface area contributed by atoms with E-state index in [-0.39, 0.29) is 12.6 Å². The highest BCUT2D eigenvalue weighted by molar-refractivity contribution is 5.87. The minimum atomic E-state index is -1.34. The van der Waals surface area contributed by atoms with Gasteiger partial charge in [0.25, 0.3) is 0 Å². The zero-order chi connectivity index (χ0) is 14.4. The van der Waals surface area contributed by atoms with E-state index < -0.39 is 30.3 Å². The summed E-state index contributed by atoms with van der Waals surface area (Å²) in [4.78, 5) is 35.1. The summed E-state index contributed by atoms with van der Waals surface area (Å²) in [6.07, 6.45) is 3.69. The summed E-state index contributed by atoms with van der Waals surface area (Å²) < 4.78 is 0. The molecule has 0 aromatic heterocycles. The van der Waals surface area contributed by atoms with Gasteiger partial charge < -0.3 is 20.8 Å². The molecule has 0 heterocycles. The molecule has 1 aliphatic carbocycles. The van der Waals surface area contributed by atoms with Crippen molar-refractivity contribution in [1.29, 1.82) is 0 Å². The molecule has 1 saturated carbocycles. The standard InChI is InChI=1S/C12H20N2O5/c13-7-10(15)14(8-4-2-1-3-5-8)9(12(18)19)6-11(16)17/h8-9H,1-7,13H2,(H,16,17)(H,18,19)/t9-/m0/s1. The molecule has 0 bridgehead atoms. The molecule has 7 heteroatoms. The highest BCUT2D eigenvalue weighted by atomic mass is 16.4. The molecule has 1 fully saturated rings. The molecule has 7 nitrogen and oxygen atoms in total. The molecule has 1 atom stereocenters. The van der Waals surface area contributed by atoms with Gasteiger partial charge in [0.2, 0.25) is 5.91 Å². The SMILES string of the molecule is NCC(=O)N(C1CCCCC1)[C@@H](CC(=O)O)C(=O)O. The molecule has 0 unspecified atom stereocenters. The van der Waals surface area contributed by atoms with E-state index in [9.17, 15) is 14.4 Å². The van der Waals surface area contributed by atoms with Crippen LogP contribution in [-0.2, 0) is 14.4 Å². The molecule has 0 radical (unpaired) electrons. The lowest BCUT2D eigenvalue weighted by molar-refractivity contribution is -0.156. The number of nitrogens with two attached hydrogens (primary N) is 1. The average molecular weight is 272 g/mol. The van der Waals surface area contributed by atoms with Crippen LogP contribution in [0.15, 0.2) is 0 Å². The van der Waals surface area contributed by atoms with Crippen molar-refractivity contribution in [3.8, 4) is 0 Å². The number of rotatable bonds is 6. The van der Waals surface area contributed by atoms with Crippen LogP contribution in [0.25, 0.3) is 0 Å². The van der Waals surface area contributed by atoms with Crippen LogP contribution in [0.5, 0.6) is 0 Å². The minimum Gasteiger partial charge on any atom is -0.481 e. The number of carboxylic acids is 2. The van der Waals surface area contributed by atoms with E-state index in [0.29, 0.717) is 12.8 Å². The lowest BCUT2D eigenvalue weighted by Crippen LogP contribution is -2.54. The zero-order valence-corrected chi connectivity index (χ0v) is 10.7. The Kier molecular flexibility index (Phi) is 5.75. The van der Waals surface area contributed by atoms with E-state index in [1.54, 1.807) is 0 Å². The molecule has 1 rings (SSSR count). The summed E-state index contributed by atoms with van der Waals surface area (Å²) in [5, 5.41) is 18.0. The van der Waals surface area contributed by atoms with E-state index in [2.05, 4.69) is 0 Å². The molecule has 0 spiro atoms. The number of carbonyl (C=O) groups excluding carboxylic acids is 1. The lowest BCUT2D eigenvalue weighted by atomic mass is 9.92. The molecule has 0 aromatic rings. The summed E-state index contributed by atoms with van der Waals surface area (Å²) in [6.45, 7) is -0.306. The van der Waals surface area contributed by atoms with Crippen LogP contribution >= 0.6 is 0 Å². The van der Waals surface area contributed by atoms with Crippen LogP contribution in [0.3, 0.4) is 0 Å². The average Bonchev–Trinajstić information content (AvgIpc) is 2.38. The first-order valence-electron chi connectivity index (χ1n) is 6.43. The smallest absolute Gasteiger partial charge is 0.327 e. The lowest BCUT2D eigenvalue weighted by Gasteiger charge is -2.37. The van der Waals surface area contributed by atoms with Crippen molar-refractivity contribution in [2.24, 2.45) is 5.73 Å². The summed E-state index contributed by atoms with van der Waals surface area (Å²) in [7, 11) is 0. The van der Waals surface area contributed by atoms with Crippen molar-refractivity contribution >= 4 is 17.8 Å². The summed E-state index contributed by atoms with van der Waals surface area (Å²) in [5.74, 6) is -3.03. The molecule has 0 aliphatic heterocycles. The molecule has 0 saturated heterocycles. The van der Waals surface area contributed by atoms with Gasteiger partial charge in [0.15, 0.2) is 0 Å². The fraction of sp³-hybridized carbons (Fsp3) is 0.750. The van der Waals surface area contributed by atoms with Crippen LogP contribution in [0.4, 0.5) is 0 Å². The number of hydrogen-bond acceptors (Lipinski definition) is 4. The molecule has 1 aliphatic rings. The Bertz CT molecular complexity index is 352. The van der Waals surface area contributed by atoms with Crippen molar-refractivity contribution in [3.05, 3.63) is 0 Å². The van der Waals surface area contributed by atoms with E-state index in [4.69, 9.17) is 15.9 Å². The third kappa shape index (κ3) is 4.20.